The average molecular weight is 192 g/mol. The van der Waals surface area contributed by atoms with Crippen LogP contribution in [0.1, 0.15) is 12.8 Å². The highest BCUT2D eigenvalue weighted by Gasteiger charge is 2.48. The summed E-state index contributed by atoms with van der Waals surface area (Å²) in [7, 11) is 0. The number of hydrogen-bond donors (Lipinski definition) is 2. The lowest BCUT2D eigenvalue weighted by molar-refractivity contribution is -0.120. The molecule has 1 heterocycles. The second-order valence-electron chi connectivity index (χ2n) is 3.53. The molecule has 3 N–H and O–H groups in total. The number of nitrogens with zero attached hydrogens (tertiary/aromatic N) is 2. The molecule has 0 bridgehead atoms. The maximum atomic E-state index is 11.7. The third-order valence-electron chi connectivity index (χ3n) is 2.53. The van der Waals surface area contributed by atoms with E-state index >= 15 is 0 Å². The first-order chi connectivity index (χ1) is 6.77. The lowest BCUT2D eigenvalue weighted by Gasteiger charge is -2.11. The van der Waals surface area contributed by atoms with Crippen molar-refractivity contribution in [3.63, 3.8) is 0 Å². The first-order valence-corrected chi connectivity index (χ1v) is 4.54. The molecule has 1 fully saturated rings. The summed E-state index contributed by atoms with van der Waals surface area (Å²) in [4.78, 5) is 19.5. The van der Waals surface area contributed by atoms with Crippen LogP contribution in [0.3, 0.4) is 0 Å². The van der Waals surface area contributed by atoms with E-state index in [1.54, 1.807) is 6.20 Å². The Labute approximate surface area is 81.7 Å². The molecule has 74 valence electrons. The van der Waals surface area contributed by atoms with Gasteiger partial charge in [-0.2, -0.15) is 0 Å². The standard InChI is InChI=1S/C9H12N4O/c10-6-9(1-2-9)8(14)13-7-5-11-3-4-12-7/h3-5H,1-2,6,10H2,(H,12,13,14). The number of carbonyl (C=O) groups excluding carboxylic acids is 1. The quantitative estimate of drug-likeness (QED) is 0.714. The van der Waals surface area contributed by atoms with Crippen LogP contribution >= 0.6 is 0 Å². The van der Waals surface area contributed by atoms with Gasteiger partial charge in [0.25, 0.3) is 0 Å². The van der Waals surface area contributed by atoms with Crippen molar-refractivity contribution in [1.29, 1.82) is 0 Å². The van der Waals surface area contributed by atoms with Crippen LogP contribution in [0, 0.1) is 5.41 Å². The van der Waals surface area contributed by atoms with Gasteiger partial charge in [-0.25, -0.2) is 4.98 Å². The second-order valence-corrected chi connectivity index (χ2v) is 3.53. The van der Waals surface area contributed by atoms with Crippen LogP contribution in [-0.4, -0.2) is 22.4 Å². The number of nitrogens with one attached hydrogen (secondary N) is 1. The van der Waals surface area contributed by atoms with E-state index < -0.39 is 0 Å². The molecule has 2 rings (SSSR count). The van der Waals surface area contributed by atoms with E-state index in [-0.39, 0.29) is 11.3 Å². The minimum absolute atomic E-state index is 0.0412. The van der Waals surface area contributed by atoms with Crippen molar-refractivity contribution in [1.82, 2.24) is 9.97 Å². The lowest BCUT2D eigenvalue weighted by Crippen LogP contribution is -2.31. The van der Waals surface area contributed by atoms with Gasteiger partial charge in [-0.3, -0.25) is 9.78 Å². The van der Waals surface area contributed by atoms with Crippen LogP contribution < -0.4 is 11.1 Å². The minimum Gasteiger partial charge on any atom is -0.329 e. The van der Waals surface area contributed by atoms with Crippen LogP contribution in [0.2, 0.25) is 0 Å². The predicted molar refractivity (Wildman–Crippen MR) is 51.4 cm³/mol. The number of amides is 1. The van der Waals surface area contributed by atoms with Gasteiger partial charge in [-0.1, -0.05) is 0 Å². The molecule has 1 aliphatic carbocycles. The molecule has 1 amide bonds. The van der Waals surface area contributed by atoms with Crippen molar-refractivity contribution >= 4 is 11.7 Å². The summed E-state index contributed by atoms with van der Waals surface area (Å²) in [6.45, 7) is 0.402. The van der Waals surface area contributed by atoms with E-state index in [1.165, 1.54) is 12.4 Å². The third-order valence-corrected chi connectivity index (χ3v) is 2.53. The molecule has 5 heteroatoms. The summed E-state index contributed by atoms with van der Waals surface area (Å²) in [6.07, 6.45) is 6.36. The van der Waals surface area contributed by atoms with Crippen molar-refractivity contribution in [2.45, 2.75) is 12.8 Å². The number of rotatable bonds is 3. The van der Waals surface area contributed by atoms with Crippen molar-refractivity contribution in [3.8, 4) is 0 Å². The van der Waals surface area contributed by atoms with Crippen molar-refractivity contribution in [3.05, 3.63) is 18.6 Å². The number of hydrogen-bond acceptors (Lipinski definition) is 4. The second kappa shape index (κ2) is 3.34. The van der Waals surface area contributed by atoms with E-state index in [9.17, 15) is 4.79 Å². The summed E-state index contributed by atoms with van der Waals surface area (Å²) in [5, 5.41) is 2.70. The van der Waals surface area contributed by atoms with Crippen LogP contribution in [0.5, 0.6) is 0 Å². The van der Waals surface area contributed by atoms with E-state index in [0.29, 0.717) is 12.4 Å². The molecule has 1 aliphatic rings. The fraction of sp³-hybridized carbons (Fsp3) is 0.444. The molecule has 14 heavy (non-hydrogen) atoms. The van der Waals surface area contributed by atoms with Crippen LogP contribution in [-0.2, 0) is 4.79 Å². The van der Waals surface area contributed by atoms with Gasteiger partial charge in [0, 0.05) is 18.9 Å². The number of aromatic nitrogens is 2. The molecule has 0 spiro atoms. The van der Waals surface area contributed by atoms with Gasteiger partial charge in [0.2, 0.25) is 5.91 Å². The zero-order chi connectivity index (χ0) is 10.0. The Morgan fingerprint density at radius 1 is 1.57 bits per heavy atom. The van der Waals surface area contributed by atoms with Crippen LogP contribution in [0.4, 0.5) is 5.82 Å². The first-order valence-electron chi connectivity index (χ1n) is 4.54. The summed E-state index contributed by atoms with van der Waals surface area (Å²) < 4.78 is 0. The molecule has 0 aliphatic heterocycles. The maximum Gasteiger partial charge on any atom is 0.233 e. The van der Waals surface area contributed by atoms with Gasteiger partial charge in [0.1, 0.15) is 0 Å². The van der Waals surface area contributed by atoms with Gasteiger partial charge < -0.3 is 11.1 Å². The Bertz CT molecular complexity index is 334. The maximum absolute atomic E-state index is 11.7. The van der Waals surface area contributed by atoms with E-state index in [1.807, 2.05) is 0 Å². The minimum atomic E-state index is -0.336. The van der Waals surface area contributed by atoms with Crippen molar-refractivity contribution in [2.24, 2.45) is 11.1 Å². The normalized spacial score (nSPS) is 17.5. The number of nitrogens with two attached hydrogens (primary N) is 1. The Morgan fingerprint density at radius 3 is 2.86 bits per heavy atom. The molecule has 0 saturated heterocycles. The monoisotopic (exact) mass is 192 g/mol. The van der Waals surface area contributed by atoms with Crippen LogP contribution in [0.15, 0.2) is 18.6 Å². The van der Waals surface area contributed by atoms with Crippen molar-refractivity contribution in [2.75, 3.05) is 11.9 Å². The molecule has 0 atom stereocenters. The molecular formula is C9H12N4O. The first kappa shape index (κ1) is 9.08. The molecule has 0 aromatic carbocycles. The fourth-order valence-electron chi connectivity index (χ4n) is 1.29. The van der Waals surface area contributed by atoms with E-state index in [2.05, 4.69) is 15.3 Å². The lowest BCUT2D eigenvalue weighted by atomic mass is 10.1. The molecule has 0 radical (unpaired) electrons. The van der Waals surface area contributed by atoms with Gasteiger partial charge in [0.05, 0.1) is 11.6 Å². The zero-order valence-electron chi connectivity index (χ0n) is 7.73. The molecule has 1 saturated carbocycles. The highest BCUT2D eigenvalue weighted by Crippen LogP contribution is 2.45. The number of anilines is 1. The van der Waals surface area contributed by atoms with Gasteiger partial charge in [-0.15, -0.1) is 0 Å². The topological polar surface area (TPSA) is 80.9 Å². The Hall–Kier alpha value is -1.49. The summed E-state index contributed by atoms with van der Waals surface area (Å²) in [6, 6.07) is 0. The smallest absolute Gasteiger partial charge is 0.233 e. The largest absolute Gasteiger partial charge is 0.329 e. The SMILES string of the molecule is NCC1(C(=O)Nc2cnccn2)CC1. The van der Waals surface area contributed by atoms with Gasteiger partial charge in [-0.05, 0) is 12.8 Å². The molecular weight excluding hydrogens is 180 g/mol. The summed E-state index contributed by atoms with van der Waals surface area (Å²) in [5.41, 5.74) is 5.19. The van der Waals surface area contributed by atoms with Gasteiger partial charge in [0.15, 0.2) is 5.82 Å². The molecule has 5 nitrogen and oxygen atoms in total. The zero-order valence-corrected chi connectivity index (χ0v) is 7.73. The highest BCUT2D eigenvalue weighted by molar-refractivity contribution is 5.96. The Morgan fingerprint density at radius 2 is 2.36 bits per heavy atom. The predicted octanol–water partition coefficient (Wildman–Crippen LogP) is 0.154. The summed E-state index contributed by atoms with van der Waals surface area (Å²) >= 11 is 0. The molecule has 1 aromatic rings. The summed E-state index contributed by atoms with van der Waals surface area (Å²) in [5.74, 6) is 0.442. The van der Waals surface area contributed by atoms with Crippen molar-refractivity contribution < 1.29 is 4.79 Å². The molecule has 0 unspecified atom stereocenters. The average Bonchev–Trinajstić information content (AvgIpc) is 3.00. The Kier molecular flexibility index (Phi) is 2.17. The van der Waals surface area contributed by atoms with Crippen LogP contribution in [0.25, 0.3) is 0 Å². The van der Waals surface area contributed by atoms with Gasteiger partial charge >= 0.3 is 0 Å². The van der Waals surface area contributed by atoms with E-state index in [4.69, 9.17) is 5.73 Å². The Balaban J connectivity index is 2.02. The molecule has 1 aromatic heterocycles. The van der Waals surface area contributed by atoms with E-state index in [0.717, 1.165) is 12.8 Å². The highest BCUT2D eigenvalue weighted by atomic mass is 16.2. The number of carbonyl (C=O) groups is 1. The third kappa shape index (κ3) is 1.58. The fourth-order valence-corrected chi connectivity index (χ4v) is 1.29.